The summed E-state index contributed by atoms with van der Waals surface area (Å²) in [7, 11) is 1.82. The molecule has 2 aliphatic carbocycles. The van der Waals surface area contributed by atoms with Gasteiger partial charge in [-0.05, 0) is 89.0 Å². The molecule has 0 aromatic heterocycles. The summed E-state index contributed by atoms with van der Waals surface area (Å²) in [5.74, 6) is 1.06. The van der Waals surface area contributed by atoms with E-state index in [0.29, 0.717) is 0 Å². The van der Waals surface area contributed by atoms with Gasteiger partial charge in [0.15, 0.2) is 0 Å². The number of aryl methyl sites for hydroxylation is 1. The lowest BCUT2D eigenvalue weighted by Crippen LogP contribution is -2.19. The highest BCUT2D eigenvalue weighted by Gasteiger charge is 2.30. The molecule has 0 radical (unpaired) electrons. The van der Waals surface area contributed by atoms with Crippen LogP contribution in [0.2, 0.25) is 0 Å². The number of methoxy groups -OCH3 is 1. The molecule has 0 saturated heterocycles. The van der Waals surface area contributed by atoms with E-state index < -0.39 is 0 Å². The van der Waals surface area contributed by atoms with Crippen LogP contribution in [0.4, 0.5) is 0 Å². The lowest BCUT2D eigenvalue weighted by atomic mass is 9.76. The predicted molar refractivity (Wildman–Crippen MR) is 125 cm³/mol. The fourth-order valence-corrected chi connectivity index (χ4v) is 5.18. The van der Waals surface area contributed by atoms with Crippen molar-refractivity contribution in [1.29, 1.82) is 0 Å². The lowest BCUT2D eigenvalue weighted by molar-refractivity contribution is 0.381. The van der Waals surface area contributed by atoms with Gasteiger partial charge in [-0.15, -0.1) is 0 Å². The first-order chi connectivity index (χ1) is 13.5. The number of benzene rings is 2. The average Bonchev–Trinajstić information content (AvgIpc) is 3.21. The van der Waals surface area contributed by atoms with E-state index in [9.17, 15) is 0 Å². The van der Waals surface area contributed by atoms with E-state index in [-0.39, 0.29) is 10.8 Å². The van der Waals surface area contributed by atoms with Crippen molar-refractivity contribution in [3.05, 3.63) is 57.2 Å². The first kappa shape index (κ1) is 20.3. The second-order valence-corrected chi connectivity index (χ2v) is 11.1. The van der Waals surface area contributed by atoms with Gasteiger partial charge in [-0.2, -0.15) is 0 Å². The molecule has 2 aromatic rings. The molecule has 0 bridgehead atoms. The predicted octanol–water partition coefficient (Wildman–Crippen LogP) is 7.41. The van der Waals surface area contributed by atoms with Crippen molar-refractivity contribution in [2.75, 3.05) is 7.11 Å². The van der Waals surface area contributed by atoms with Gasteiger partial charge in [0.2, 0.25) is 0 Å². The van der Waals surface area contributed by atoms with Gasteiger partial charge in [0.25, 0.3) is 0 Å². The van der Waals surface area contributed by atoms with Gasteiger partial charge in [0.05, 0.1) is 7.11 Å². The summed E-state index contributed by atoms with van der Waals surface area (Å²) in [5.41, 5.74) is 13.2. The summed E-state index contributed by atoms with van der Waals surface area (Å²) in [5, 5.41) is 0. The van der Waals surface area contributed by atoms with Crippen LogP contribution in [0.5, 0.6) is 5.75 Å². The summed E-state index contributed by atoms with van der Waals surface area (Å²) in [6.07, 6.45) is 7.19. The Morgan fingerprint density at radius 2 is 1.45 bits per heavy atom. The minimum atomic E-state index is 0.0244. The third-order valence-electron chi connectivity index (χ3n) is 6.60. The van der Waals surface area contributed by atoms with Gasteiger partial charge in [0, 0.05) is 11.1 Å². The Morgan fingerprint density at radius 1 is 0.828 bits per heavy atom. The van der Waals surface area contributed by atoms with Crippen LogP contribution in [0, 0.1) is 0 Å². The maximum Gasteiger partial charge on any atom is 0.126 e. The van der Waals surface area contributed by atoms with Crippen LogP contribution >= 0.6 is 0 Å². The standard InChI is InChI=1S/C28H36O/c1-17-12-19-14-18-10-9-11-21(18)25(22(19)13-17)20-15-23(27(2,3)4)26(29-8)24(16-20)28(5,6)7/h12,14-16H,9-11,13H2,1-8H3. The summed E-state index contributed by atoms with van der Waals surface area (Å²) in [6, 6.07) is 7.32. The molecule has 1 nitrogen and oxygen atoms in total. The summed E-state index contributed by atoms with van der Waals surface area (Å²) < 4.78 is 6.01. The number of hydrogen-bond donors (Lipinski definition) is 0. The normalized spacial score (nSPS) is 15.9. The first-order valence-electron chi connectivity index (χ1n) is 11.1. The minimum Gasteiger partial charge on any atom is -0.496 e. The molecule has 0 heterocycles. The van der Waals surface area contributed by atoms with Crippen molar-refractivity contribution in [3.63, 3.8) is 0 Å². The summed E-state index contributed by atoms with van der Waals surface area (Å²) >= 11 is 0. The molecule has 1 heteroatoms. The van der Waals surface area contributed by atoms with E-state index in [1.807, 2.05) is 7.11 Å². The summed E-state index contributed by atoms with van der Waals surface area (Å²) in [6.45, 7) is 16.1. The van der Waals surface area contributed by atoms with E-state index in [0.717, 1.165) is 12.2 Å². The molecule has 29 heavy (non-hydrogen) atoms. The highest BCUT2D eigenvalue weighted by Crippen LogP contribution is 2.47. The molecule has 2 aliphatic rings. The molecule has 0 N–H and O–H groups in total. The number of ether oxygens (including phenoxy) is 1. The van der Waals surface area contributed by atoms with Crippen LogP contribution in [0.1, 0.15) is 88.3 Å². The Labute approximate surface area is 177 Å². The molecule has 0 aliphatic heterocycles. The number of allylic oxidation sites excluding steroid dienone is 1. The van der Waals surface area contributed by atoms with E-state index in [1.54, 1.807) is 11.1 Å². The zero-order chi connectivity index (χ0) is 21.1. The van der Waals surface area contributed by atoms with Crippen molar-refractivity contribution in [2.24, 2.45) is 0 Å². The molecular weight excluding hydrogens is 352 g/mol. The van der Waals surface area contributed by atoms with Gasteiger partial charge in [-0.1, -0.05) is 59.3 Å². The second kappa shape index (κ2) is 6.76. The molecule has 0 atom stereocenters. The molecule has 0 amide bonds. The number of fused-ring (bicyclic) bond motifs is 2. The Hall–Kier alpha value is -2.02. The van der Waals surface area contributed by atoms with Crippen LogP contribution in [-0.4, -0.2) is 7.11 Å². The van der Waals surface area contributed by atoms with Gasteiger partial charge in [0.1, 0.15) is 5.75 Å². The maximum absolute atomic E-state index is 6.01. The fraction of sp³-hybridized carbons (Fsp3) is 0.500. The monoisotopic (exact) mass is 388 g/mol. The van der Waals surface area contributed by atoms with Crippen molar-refractivity contribution in [3.8, 4) is 16.9 Å². The zero-order valence-corrected chi connectivity index (χ0v) is 19.5. The second-order valence-electron chi connectivity index (χ2n) is 11.1. The van der Waals surface area contributed by atoms with E-state index in [1.165, 1.54) is 58.2 Å². The highest BCUT2D eigenvalue weighted by molar-refractivity contribution is 5.83. The number of hydrogen-bond acceptors (Lipinski definition) is 1. The third kappa shape index (κ3) is 3.43. The van der Waals surface area contributed by atoms with Gasteiger partial charge in [-0.3, -0.25) is 0 Å². The van der Waals surface area contributed by atoms with Gasteiger partial charge < -0.3 is 4.74 Å². The maximum atomic E-state index is 6.01. The molecule has 0 unspecified atom stereocenters. The quantitative estimate of drug-likeness (QED) is 0.520. The minimum absolute atomic E-state index is 0.0244. The van der Waals surface area contributed by atoms with Crippen LogP contribution < -0.4 is 4.74 Å². The van der Waals surface area contributed by atoms with Crippen molar-refractivity contribution in [2.45, 2.75) is 85.0 Å². The third-order valence-corrected chi connectivity index (χ3v) is 6.60. The van der Waals surface area contributed by atoms with Gasteiger partial charge >= 0.3 is 0 Å². The molecular formula is C28H36O. The molecule has 154 valence electrons. The van der Waals surface area contributed by atoms with Crippen LogP contribution in [0.15, 0.2) is 23.8 Å². The van der Waals surface area contributed by atoms with E-state index in [2.05, 4.69) is 72.7 Å². The fourth-order valence-electron chi connectivity index (χ4n) is 5.18. The Balaban J connectivity index is 2.06. The largest absolute Gasteiger partial charge is 0.496 e. The average molecular weight is 389 g/mol. The molecule has 4 rings (SSSR count). The number of rotatable bonds is 2. The SMILES string of the molecule is COc1c(C(C)(C)C)cc(-c2c3c(cc4c2CCC4)C=C(C)C3)cc1C(C)(C)C. The van der Waals surface area contributed by atoms with Crippen molar-refractivity contribution >= 4 is 6.08 Å². The van der Waals surface area contributed by atoms with Gasteiger partial charge in [-0.25, -0.2) is 0 Å². The zero-order valence-electron chi connectivity index (χ0n) is 19.5. The van der Waals surface area contributed by atoms with Crippen LogP contribution in [-0.2, 0) is 30.1 Å². The van der Waals surface area contributed by atoms with E-state index in [4.69, 9.17) is 4.74 Å². The van der Waals surface area contributed by atoms with Crippen molar-refractivity contribution < 1.29 is 4.74 Å². The smallest absolute Gasteiger partial charge is 0.126 e. The van der Waals surface area contributed by atoms with Crippen LogP contribution in [0.25, 0.3) is 17.2 Å². The molecule has 0 fully saturated rings. The Morgan fingerprint density at radius 3 is 2.00 bits per heavy atom. The highest BCUT2D eigenvalue weighted by atomic mass is 16.5. The lowest BCUT2D eigenvalue weighted by Gasteiger charge is -2.30. The van der Waals surface area contributed by atoms with E-state index >= 15 is 0 Å². The summed E-state index contributed by atoms with van der Waals surface area (Å²) in [4.78, 5) is 0. The first-order valence-corrected chi connectivity index (χ1v) is 11.1. The molecule has 0 saturated carbocycles. The topological polar surface area (TPSA) is 9.23 Å². The Kier molecular flexibility index (Phi) is 4.72. The Bertz CT molecular complexity index is 971. The molecule has 2 aromatic carbocycles. The van der Waals surface area contributed by atoms with Crippen molar-refractivity contribution in [1.82, 2.24) is 0 Å². The molecule has 0 spiro atoms. The van der Waals surface area contributed by atoms with Crippen LogP contribution in [0.3, 0.4) is 0 Å².